The lowest BCUT2D eigenvalue weighted by Crippen LogP contribution is -1.95. The van der Waals surface area contributed by atoms with Gasteiger partial charge in [0.2, 0.25) is 0 Å². The lowest BCUT2D eigenvalue weighted by molar-refractivity contribution is 1.17. The van der Waals surface area contributed by atoms with Crippen molar-refractivity contribution in [1.29, 1.82) is 0 Å². The van der Waals surface area contributed by atoms with Gasteiger partial charge in [-0.2, -0.15) is 4.37 Å². The predicted molar refractivity (Wildman–Crippen MR) is 45.7 cm³/mol. The Balaban J connectivity index is 2.59. The Labute approximate surface area is 65.4 Å². The van der Waals surface area contributed by atoms with Gasteiger partial charge in [0.1, 0.15) is 5.82 Å². The molecule has 0 saturated carbocycles. The van der Waals surface area contributed by atoms with Crippen LogP contribution in [0.4, 0.5) is 5.82 Å². The summed E-state index contributed by atoms with van der Waals surface area (Å²) in [5.41, 5.74) is 0. The molecule has 0 fully saturated rings. The topological polar surface area (TPSA) is 24.9 Å². The zero-order chi connectivity index (χ0) is 7.40. The number of hydrogen-bond acceptors (Lipinski definition) is 3. The third-order valence-corrected chi connectivity index (χ3v) is 2.19. The molecule has 0 spiro atoms. The van der Waals surface area contributed by atoms with Crippen molar-refractivity contribution in [2.75, 3.05) is 11.9 Å². The SMILES string of the molecule is CCNc1cc(CC)sn1. The van der Waals surface area contributed by atoms with Crippen molar-refractivity contribution < 1.29 is 0 Å². The summed E-state index contributed by atoms with van der Waals surface area (Å²) in [6.07, 6.45) is 1.09. The van der Waals surface area contributed by atoms with E-state index in [9.17, 15) is 0 Å². The molecule has 1 aromatic rings. The Hall–Kier alpha value is -0.570. The molecule has 0 unspecified atom stereocenters. The largest absolute Gasteiger partial charge is 0.370 e. The molecule has 1 aromatic heterocycles. The molecule has 0 aliphatic heterocycles. The van der Waals surface area contributed by atoms with Gasteiger partial charge in [-0.1, -0.05) is 6.92 Å². The second-order valence-electron chi connectivity index (χ2n) is 2.06. The van der Waals surface area contributed by atoms with Gasteiger partial charge in [-0.15, -0.1) is 0 Å². The van der Waals surface area contributed by atoms with Crippen LogP contribution in [0.25, 0.3) is 0 Å². The first-order chi connectivity index (χ1) is 4.86. The van der Waals surface area contributed by atoms with E-state index in [1.807, 2.05) is 0 Å². The quantitative estimate of drug-likeness (QED) is 0.725. The van der Waals surface area contributed by atoms with Gasteiger partial charge in [-0.3, -0.25) is 0 Å². The number of nitrogens with one attached hydrogen (secondary N) is 1. The van der Waals surface area contributed by atoms with Crippen LogP contribution in [-0.2, 0) is 6.42 Å². The number of nitrogens with zero attached hydrogens (tertiary/aromatic N) is 1. The molecule has 1 N–H and O–H groups in total. The zero-order valence-corrected chi connectivity index (χ0v) is 7.16. The number of hydrogen-bond donors (Lipinski definition) is 1. The van der Waals surface area contributed by atoms with Crippen molar-refractivity contribution in [3.8, 4) is 0 Å². The second kappa shape index (κ2) is 3.56. The molecular weight excluding hydrogens is 144 g/mol. The molecule has 10 heavy (non-hydrogen) atoms. The van der Waals surface area contributed by atoms with Gasteiger partial charge in [0.15, 0.2) is 0 Å². The van der Waals surface area contributed by atoms with E-state index in [4.69, 9.17) is 0 Å². The van der Waals surface area contributed by atoms with Crippen molar-refractivity contribution in [3.63, 3.8) is 0 Å². The minimum absolute atomic E-state index is 0.951. The average Bonchev–Trinajstić information content (AvgIpc) is 2.37. The molecule has 3 heteroatoms. The minimum atomic E-state index is 0.951. The van der Waals surface area contributed by atoms with E-state index in [1.165, 1.54) is 4.88 Å². The van der Waals surface area contributed by atoms with Crippen molar-refractivity contribution in [2.24, 2.45) is 0 Å². The first-order valence-corrected chi connectivity index (χ1v) is 4.33. The molecule has 2 nitrogen and oxygen atoms in total. The van der Waals surface area contributed by atoms with E-state index in [1.54, 1.807) is 11.5 Å². The lowest BCUT2D eigenvalue weighted by atomic mass is 10.4. The summed E-state index contributed by atoms with van der Waals surface area (Å²) in [7, 11) is 0. The van der Waals surface area contributed by atoms with Crippen molar-refractivity contribution in [1.82, 2.24) is 4.37 Å². The molecule has 0 atom stereocenters. The summed E-state index contributed by atoms with van der Waals surface area (Å²) < 4.78 is 4.21. The van der Waals surface area contributed by atoms with Crippen molar-refractivity contribution in [3.05, 3.63) is 10.9 Å². The molecule has 0 aliphatic rings. The molecule has 0 aliphatic carbocycles. The average molecular weight is 156 g/mol. The van der Waals surface area contributed by atoms with Gasteiger partial charge < -0.3 is 5.32 Å². The normalized spacial score (nSPS) is 9.80. The molecule has 0 bridgehead atoms. The van der Waals surface area contributed by atoms with Crippen LogP contribution in [0.2, 0.25) is 0 Å². The van der Waals surface area contributed by atoms with Crippen LogP contribution in [0.5, 0.6) is 0 Å². The van der Waals surface area contributed by atoms with Crippen LogP contribution in [0, 0.1) is 0 Å². The fourth-order valence-corrected chi connectivity index (χ4v) is 1.37. The zero-order valence-electron chi connectivity index (χ0n) is 6.35. The van der Waals surface area contributed by atoms with Crippen LogP contribution in [0.3, 0.4) is 0 Å². The van der Waals surface area contributed by atoms with Crippen LogP contribution < -0.4 is 5.32 Å². The third-order valence-electron chi connectivity index (χ3n) is 1.27. The Bertz CT molecular complexity index is 195. The van der Waals surface area contributed by atoms with Gasteiger partial charge in [0, 0.05) is 11.4 Å². The third kappa shape index (κ3) is 1.70. The van der Waals surface area contributed by atoms with Gasteiger partial charge in [-0.05, 0) is 30.9 Å². The van der Waals surface area contributed by atoms with Crippen molar-refractivity contribution in [2.45, 2.75) is 20.3 Å². The molecule has 0 saturated heterocycles. The molecular formula is C7H12N2S. The van der Waals surface area contributed by atoms with Gasteiger partial charge >= 0.3 is 0 Å². The van der Waals surface area contributed by atoms with Crippen LogP contribution in [-0.4, -0.2) is 10.9 Å². The van der Waals surface area contributed by atoms with E-state index in [0.29, 0.717) is 0 Å². The Morgan fingerprint density at radius 2 is 2.40 bits per heavy atom. The van der Waals surface area contributed by atoms with E-state index in [0.717, 1.165) is 18.8 Å². The fraction of sp³-hybridized carbons (Fsp3) is 0.571. The van der Waals surface area contributed by atoms with Crippen molar-refractivity contribution >= 4 is 17.4 Å². The van der Waals surface area contributed by atoms with Gasteiger partial charge in [0.05, 0.1) is 0 Å². The van der Waals surface area contributed by atoms with E-state index in [2.05, 4.69) is 29.6 Å². The lowest BCUT2D eigenvalue weighted by Gasteiger charge is -1.92. The summed E-state index contributed by atoms with van der Waals surface area (Å²) in [5.74, 6) is 1.02. The highest BCUT2D eigenvalue weighted by atomic mass is 32.1. The standard InChI is InChI=1S/C7H12N2S/c1-3-6-5-7(8-4-2)9-10-6/h5H,3-4H2,1-2H3,(H,8,9). The molecule has 1 heterocycles. The van der Waals surface area contributed by atoms with Crippen LogP contribution >= 0.6 is 11.5 Å². The van der Waals surface area contributed by atoms with Gasteiger partial charge in [0.25, 0.3) is 0 Å². The summed E-state index contributed by atoms with van der Waals surface area (Å²) in [5, 5.41) is 3.16. The fourth-order valence-electron chi connectivity index (χ4n) is 0.744. The molecule has 0 radical (unpaired) electrons. The van der Waals surface area contributed by atoms with E-state index >= 15 is 0 Å². The molecule has 1 rings (SSSR count). The molecule has 0 amide bonds. The van der Waals surface area contributed by atoms with Gasteiger partial charge in [-0.25, -0.2) is 0 Å². The van der Waals surface area contributed by atoms with Crippen LogP contribution in [0.15, 0.2) is 6.07 Å². The predicted octanol–water partition coefficient (Wildman–Crippen LogP) is 2.14. The Kier molecular flexibility index (Phi) is 2.68. The summed E-state index contributed by atoms with van der Waals surface area (Å²) in [6.45, 7) is 5.17. The maximum Gasteiger partial charge on any atom is 0.139 e. The first kappa shape index (κ1) is 7.54. The number of aromatic nitrogens is 1. The Morgan fingerprint density at radius 3 is 2.90 bits per heavy atom. The number of anilines is 1. The van der Waals surface area contributed by atoms with E-state index < -0.39 is 0 Å². The molecule has 56 valence electrons. The summed E-state index contributed by atoms with van der Waals surface area (Å²) >= 11 is 1.58. The maximum absolute atomic E-state index is 4.21. The Morgan fingerprint density at radius 1 is 1.60 bits per heavy atom. The highest BCUT2D eigenvalue weighted by Gasteiger charge is 1.96. The summed E-state index contributed by atoms with van der Waals surface area (Å²) in [6, 6.07) is 2.11. The van der Waals surface area contributed by atoms with E-state index in [-0.39, 0.29) is 0 Å². The smallest absolute Gasteiger partial charge is 0.139 e. The number of aryl methyl sites for hydroxylation is 1. The highest BCUT2D eigenvalue weighted by Crippen LogP contribution is 2.13. The van der Waals surface area contributed by atoms with Crippen LogP contribution in [0.1, 0.15) is 18.7 Å². The second-order valence-corrected chi connectivity index (χ2v) is 2.95. The number of rotatable bonds is 3. The summed E-state index contributed by atoms with van der Waals surface area (Å²) in [4.78, 5) is 1.34. The highest BCUT2D eigenvalue weighted by molar-refractivity contribution is 7.06. The minimum Gasteiger partial charge on any atom is -0.370 e. The first-order valence-electron chi connectivity index (χ1n) is 3.56. The monoisotopic (exact) mass is 156 g/mol. The molecule has 0 aromatic carbocycles. The maximum atomic E-state index is 4.21.